The summed E-state index contributed by atoms with van der Waals surface area (Å²) in [5.74, 6) is 0.983. The topological polar surface area (TPSA) is 68.8 Å². The van der Waals surface area contributed by atoms with Gasteiger partial charge in [-0.15, -0.1) is 10.2 Å². The molecule has 7 heteroatoms. The summed E-state index contributed by atoms with van der Waals surface area (Å²) < 4.78 is 3.89. The Morgan fingerprint density at radius 1 is 1.41 bits per heavy atom. The lowest BCUT2D eigenvalue weighted by Gasteiger charge is -2.29. The van der Waals surface area contributed by atoms with Crippen molar-refractivity contribution in [1.29, 1.82) is 0 Å². The van der Waals surface area contributed by atoms with E-state index in [2.05, 4.69) is 22.2 Å². The SMILES string of the molecule is CCn1cnnc1-c1nn(C)c2c1CN(C(=O)C(C)C)CC2. The third-order valence-corrected chi connectivity index (χ3v) is 4.22. The van der Waals surface area contributed by atoms with Gasteiger partial charge < -0.3 is 9.47 Å². The molecule has 0 unspecified atom stereocenters. The number of aromatic nitrogens is 5. The number of carbonyl (C=O) groups is 1. The van der Waals surface area contributed by atoms with E-state index in [0.29, 0.717) is 6.54 Å². The number of hydrogen-bond acceptors (Lipinski definition) is 4. The highest BCUT2D eigenvalue weighted by atomic mass is 16.2. The number of amides is 1. The van der Waals surface area contributed by atoms with E-state index in [0.717, 1.165) is 36.6 Å². The summed E-state index contributed by atoms with van der Waals surface area (Å²) in [6.45, 7) is 8.08. The minimum Gasteiger partial charge on any atom is -0.338 e. The molecule has 0 saturated heterocycles. The van der Waals surface area contributed by atoms with E-state index >= 15 is 0 Å². The number of fused-ring (bicyclic) bond motifs is 1. The smallest absolute Gasteiger partial charge is 0.225 e. The van der Waals surface area contributed by atoms with Gasteiger partial charge in [-0.05, 0) is 6.92 Å². The van der Waals surface area contributed by atoms with Crippen LogP contribution in [0.3, 0.4) is 0 Å². The lowest BCUT2D eigenvalue weighted by Crippen LogP contribution is -2.38. The Hall–Kier alpha value is -2.18. The average molecular weight is 302 g/mol. The molecule has 0 atom stereocenters. The van der Waals surface area contributed by atoms with Crippen LogP contribution >= 0.6 is 0 Å². The van der Waals surface area contributed by atoms with Crippen molar-refractivity contribution in [3.05, 3.63) is 17.6 Å². The van der Waals surface area contributed by atoms with Crippen molar-refractivity contribution >= 4 is 5.91 Å². The van der Waals surface area contributed by atoms with E-state index in [4.69, 9.17) is 0 Å². The third-order valence-electron chi connectivity index (χ3n) is 4.22. The van der Waals surface area contributed by atoms with Crippen LogP contribution in [0.4, 0.5) is 0 Å². The molecule has 0 aliphatic carbocycles. The number of aryl methyl sites for hydroxylation is 2. The maximum Gasteiger partial charge on any atom is 0.225 e. The molecular formula is C15H22N6O. The average Bonchev–Trinajstić information content (AvgIpc) is 3.10. The fourth-order valence-corrected chi connectivity index (χ4v) is 3.00. The third kappa shape index (κ3) is 2.30. The molecular weight excluding hydrogens is 280 g/mol. The van der Waals surface area contributed by atoms with E-state index in [-0.39, 0.29) is 11.8 Å². The predicted molar refractivity (Wildman–Crippen MR) is 81.9 cm³/mol. The van der Waals surface area contributed by atoms with E-state index in [1.165, 1.54) is 5.69 Å². The number of rotatable bonds is 3. The van der Waals surface area contributed by atoms with Crippen LogP contribution in [0.15, 0.2) is 6.33 Å². The van der Waals surface area contributed by atoms with Gasteiger partial charge in [0.25, 0.3) is 0 Å². The van der Waals surface area contributed by atoms with Gasteiger partial charge in [0.15, 0.2) is 5.82 Å². The Morgan fingerprint density at radius 2 is 2.18 bits per heavy atom. The first-order valence-electron chi connectivity index (χ1n) is 7.74. The van der Waals surface area contributed by atoms with Gasteiger partial charge >= 0.3 is 0 Å². The molecule has 0 fully saturated rings. The van der Waals surface area contributed by atoms with Crippen LogP contribution in [0, 0.1) is 5.92 Å². The van der Waals surface area contributed by atoms with Gasteiger partial charge in [0.1, 0.15) is 12.0 Å². The lowest BCUT2D eigenvalue weighted by atomic mass is 10.0. The van der Waals surface area contributed by atoms with Crippen LogP contribution in [0.5, 0.6) is 0 Å². The van der Waals surface area contributed by atoms with Crippen LogP contribution in [-0.2, 0) is 31.4 Å². The normalized spacial score (nSPS) is 14.5. The predicted octanol–water partition coefficient (Wildman–Crippen LogP) is 1.24. The molecule has 7 nitrogen and oxygen atoms in total. The zero-order valence-electron chi connectivity index (χ0n) is 13.6. The summed E-state index contributed by atoms with van der Waals surface area (Å²) in [4.78, 5) is 14.2. The van der Waals surface area contributed by atoms with E-state index < -0.39 is 0 Å². The Balaban J connectivity index is 2.01. The molecule has 0 bridgehead atoms. The van der Waals surface area contributed by atoms with Gasteiger partial charge in [-0.2, -0.15) is 5.10 Å². The van der Waals surface area contributed by atoms with Gasteiger partial charge in [-0.1, -0.05) is 13.8 Å². The standard InChI is InChI=1S/C15H22N6O/c1-5-20-9-16-17-14(20)13-11-8-21(15(22)10(2)3)7-6-12(11)19(4)18-13/h9-10H,5-8H2,1-4H3. The fourth-order valence-electron chi connectivity index (χ4n) is 3.00. The summed E-state index contributed by atoms with van der Waals surface area (Å²) in [5.41, 5.74) is 3.14. The van der Waals surface area contributed by atoms with Crippen LogP contribution < -0.4 is 0 Å². The Bertz CT molecular complexity index is 699. The van der Waals surface area contributed by atoms with Crippen molar-refractivity contribution in [1.82, 2.24) is 29.4 Å². The van der Waals surface area contributed by atoms with Crippen LogP contribution in [0.2, 0.25) is 0 Å². The monoisotopic (exact) mass is 302 g/mol. The molecule has 118 valence electrons. The summed E-state index contributed by atoms with van der Waals surface area (Å²) in [6, 6.07) is 0. The van der Waals surface area contributed by atoms with Gasteiger partial charge in [-0.3, -0.25) is 9.48 Å². The summed E-state index contributed by atoms with van der Waals surface area (Å²) in [5, 5.41) is 12.8. The second-order valence-corrected chi connectivity index (χ2v) is 6.00. The van der Waals surface area contributed by atoms with E-state index in [1.54, 1.807) is 6.33 Å². The molecule has 3 heterocycles. The van der Waals surface area contributed by atoms with Crippen molar-refractivity contribution < 1.29 is 4.79 Å². The molecule has 1 amide bonds. The molecule has 1 aliphatic rings. The molecule has 0 N–H and O–H groups in total. The van der Waals surface area contributed by atoms with Gasteiger partial charge in [0.05, 0.1) is 0 Å². The molecule has 0 aromatic carbocycles. The minimum absolute atomic E-state index is 0.0148. The Morgan fingerprint density at radius 3 is 2.86 bits per heavy atom. The summed E-state index contributed by atoms with van der Waals surface area (Å²) in [6.07, 6.45) is 2.55. The molecule has 1 aliphatic heterocycles. The van der Waals surface area contributed by atoms with Crippen molar-refractivity contribution in [3.8, 4) is 11.5 Å². The second-order valence-electron chi connectivity index (χ2n) is 6.00. The molecule has 2 aromatic heterocycles. The molecule has 2 aromatic rings. The number of carbonyl (C=O) groups excluding carboxylic acids is 1. The van der Waals surface area contributed by atoms with Crippen molar-refractivity contribution in [2.24, 2.45) is 13.0 Å². The maximum absolute atomic E-state index is 12.3. The summed E-state index contributed by atoms with van der Waals surface area (Å²) in [7, 11) is 1.95. The van der Waals surface area contributed by atoms with Gasteiger partial charge in [0.2, 0.25) is 5.91 Å². The molecule has 0 spiro atoms. The van der Waals surface area contributed by atoms with E-state index in [9.17, 15) is 4.79 Å². The highest BCUT2D eigenvalue weighted by Gasteiger charge is 2.29. The fraction of sp³-hybridized carbons (Fsp3) is 0.600. The first-order chi connectivity index (χ1) is 10.5. The Kier molecular flexibility index (Phi) is 3.72. The largest absolute Gasteiger partial charge is 0.338 e. The van der Waals surface area contributed by atoms with Gasteiger partial charge in [0, 0.05) is 50.3 Å². The summed E-state index contributed by atoms with van der Waals surface area (Å²) >= 11 is 0. The molecule has 22 heavy (non-hydrogen) atoms. The minimum atomic E-state index is 0.0148. The van der Waals surface area contributed by atoms with Gasteiger partial charge in [-0.25, -0.2) is 0 Å². The van der Waals surface area contributed by atoms with Crippen LogP contribution in [-0.4, -0.2) is 41.9 Å². The van der Waals surface area contributed by atoms with Crippen molar-refractivity contribution in [3.63, 3.8) is 0 Å². The lowest BCUT2D eigenvalue weighted by molar-refractivity contribution is -0.135. The molecule has 0 radical (unpaired) electrons. The highest BCUT2D eigenvalue weighted by molar-refractivity contribution is 5.78. The Labute approximate surface area is 129 Å². The molecule has 3 rings (SSSR count). The van der Waals surface area contributed by atoms with Crippen molar-refractivity contribution in [2.75, 3.05) is 6.54 Å². The first kappa shape index (κ1) is 14.7. The number of hydrogen-bond donors (Lipinski definition) is 0. The zero-order valence-corrected chi connectivity index (χ0v) is 13.6. The zero-order chi connectivity index (χ0) is 15.9. The van der Waals surface area contributed by atoms with Crippen LogP contribution in [0.1, 0.15) is 32.0 Å². The maximum atomic E-state index is 12.3. The quantitative estimate of drug-likeness (QED) is 0.855. The van der Waals surface area contributed by atoms with E-state index in [1.807, 2.05) is 35.0 Å². The van der Waals surface area contributed by atoms with Crippen LogP contribution in [0.25, 0.3) is 11.5 Å². The van der Waals surface area contributed by atoms with Crippen molar-refractivity contribution in [2.45, 2.75) is 40.3 Å². The highest BCUT2D eigenvalue weighted by Crippen LogP contribution is 2.29. The second kappa shape index (κ2) is 5.55. The number of nitrogens with zero attached hydrogens (tertiary/aromatic N) is 6. The molecule has 0 saturated carbocycles. The first-order valence-corrected chi connectivity index (χ1v) is 7.74.